The summed E-state index contributed by atoms with van der Waals surface area (Å²) in [6, 6.07) is 0. The van der Waals surface area contributed by atoms with Gasteiger partial charge in [0.15, 0.2) is 5.79 Å². The zero-order valence-corrected chi connectivity index (χ0v) is 19.0. The maximum absolute atomic E-state index is 12.5. The molecule has 1 saturated heterocycles. The van der Waals surface area contributed by atoms with Crippen molar-refractivity contribution in [1.29, 1.82) is 0 Å². The molecule has 5 rings (SSSR count). The summed E-state index contributed by atoms with van der Waals surface area (Å²) in [5, 5.41) is 10.6. The van der Waals surface area contributed by atoms with Crippen LogP contribution >= 0.6 is 0 Å². The zero-order chi connectivity index (χ0) is 22.0. The summed E-state index contributed by atoms with van der Waals surface area (Å²) in [7, 11) is 0. The van der Waals surface area contributed by atoms with E-state index >= 15 is 0 Å². The number of allylic oxidation sites excluding steroid dienone is 1. The molecule has 1 N–H and O–H groups in total. The molecule has 31 heavy (non-hydrogen) atoms. The minimum absolute atomic E-state index is 0.0129. The Hall–Kier alpha value is -1.24. The number of ether oxygens (including phenoxy) is 3. The lowest BCUT2D eigenvalue weighted by Gasteiger charge is -2.61. The molecule has 0 unspecified atom stereocenters. The van der Waals surface area contributed by atoms with Crippen LogP contribution in [0.3, 0.4) is 0 Å². The molecule has 7 atom stereocenters. The van der Waals surface area contributed by atoms with Crippen LogP contribution in [0.2, 0.25) is 0 Å². The molecule has 1 spiro atoms. The molecular weight excluding hydrogens is 396 g/mol. The maximum atomic E-state index is 12.5. The fraction of sp³-hybridized carbons (Fsp3) is 0.840. The predicted octanol–water partition coefficient (Wildman–Crippen LogP) is 3.41. The van der Waals surface area contributed by atoms with E-state index in [-0.39, 0.29) is 47.6 Å². The van der Waals surface area contributed by atoms with Gasteiger partial charge in [0.2, 0.25) is 0 Å². The van der Waals surface area contributed by atoms with Gasteiger partial charge in [0, 0.05) is 43.6 Å². The molecule has 0 radical (unpaired) electrons. The van der Waals surface area contributed by atoms with Crippen molar-refractivity contribution < 1.29 is 28.9 Å². The largest absolute Gasteiger partial charge is 0.462 e. The summed E-state index contributed by atoms with van der Waals surface area (Å²) in [4.78, 5) is 24.7. The second kappa shape index (κ2) is 7.39. The minimum atomic E-state index is -0.480. The number of Topliss-reactive ketones (excluding diaryl/α,β-unsaturated/α-hetero) is 1. The molecule has 5 aliphatic rings. The summed E-state index contributed by atoms with van der Waals surface area (Å²) in [6.07, 6.45) is 7.95. The number of hydrogen-bond donors (Lipinski definition) is 1. The van der Waals surface area contributed by atoms with Crippen LogP contribution in [0.5, 0.6) is 0 Å². The Morgan fingerprint density at radius 3 is 2.58 bits per heavy atom. The molecule has 4 aliphatic carbocycles. The Bertz CT molecular complexity index is 798. The van der Waals surface area contributed by atoms with Crippen molar-refractivity contribution in [3.8, 4) is 0 Å². The van der Waals surface area contributed by atoms with E-state index in [9.17, 15) is 14.7 Å². The van der Waals surface area contributed by atoms with Gasteiger partial charge in [-0.1, -0.05) is 18.6 Å². The third kappa shape index (κ3) is 3.08. The predicted molar refractivity (Wildman–Crippen MR) is 113 cm³/mol. The molecule has 1 aliphatic heterocycles. The van der Waals surface area contributed by atoms with Crippen LogP contribution in [0.15, 0.2) is 11.6 Å². The van der Waals surface area contributed by atoms with Gasteiger partial charge in [-0.15, -0.1) is 0 Å². The van der Waals surface area contributed by atoms with Gasteiger partial charge in [-0.2, -0.15) is 0 Å². The molecular formula is C25H36O6. The number of hydrogen-bond acceptors (Lipinski definition) is 6. The number of rotatable bonds is 3. The number of carbonyl (C=O) groups is 2. The highest BCUT2D eigenvalue weighted by molar-refractivity contribution is 5.79. The van der Waals surface area contributed by atoms with Crippen molar-refractivity contribution in [3.05, 3.63) is 11.6 Å². The van der Waals surface area contributed by atoms with Gasteiger partial charge in [-0.05, 0) is 56.3 Å². The van der Waals surface area contributed by atoms with E-state index < -0.39 is 11.2 Å². The first-order valence-electron chi connectivity index (χ1n) is 12.0. The van der Waals surface area contributed by atoms with Crippen LogP contribution in [0.1, 0.15) is 65.7 Å². The first-order valence-corrected chi connectivity index (χ1v) is 12.0. The lowest BCUT2D eigenvalue weighted by atomic mass is 9.46. The van der Waals surface area contributed by atoms with E-state index in [2.05, 4.69) is 13.0 Å². The van der Waals surface area contributed by atoms with Gasteiger partial charge in [-0.3, -0.25) is 9.59 Å². The minimum Gasteiger partial charge on any atom is -0.462 e. The van der Waals surface area contributed by atoms with Gasteiger partial charge in [-0.25, -0.2) is 0 Å². The molecule has 3 saturated carbocycles. The number of esters is 1. The second-order valence-electron chi connectivity index (χ2n) is 10.9. The third-order valence-electron chi connectivity index (χ3n) is 9.67. The molecule has 0 bridgehead atoms. The highest BCUT2D eigenvalue weighted by Gasteiger charge is 2.65. The van der Waals surface area contributed by atoms with Crippen LogP contribution in [0.25, 0.3) is 0 Å². The summed E-state index contributed by atoms with van der Waals surface area (Å²) in [5.74, 6) is 0.0499. The fourth-order valence-corrected chi connectivity index (χ4v) is 8.46. The number of ketones is 1. The van der Waals surface area contributed by atoms with E-state index in [1.165, 1.54) is 12.5 Å². The molecule has 0 aromatic rings. The maximum Gasteiger partial charge on any atom is 0.302 e. The lowest BCUT2D eigenvalue weighted by molar-refractivity contribution is -0.203. The lowest BCUT2D eigenvalue weighted by Crippen LogP contribution is -2.60. The fourth-order valence-electron chi connectivity index (χ4n) is 8.46. The molecule has 0 aromatic heterocycles. The van der Waals surface area contributed by atoms with Crippen LogP contribution < -0.4 is 0 Å². The highest BCUT2D eigenvalue weighted by atomic mass is 16.7. The Morgan fingerprint density at radius 1 is 1.19 bits per heavy atom. The van der Waals surface area contributed by atoms with Gasteiger partial charge < -0.3 is 19.3 Å². The summed E-state index contributed by atoms with van der Waals surface area (Å²) in [6.45, 7) is 6.75. The van der Waals surface area contributed by atoms with E-state index in [1.54, 1.807) is 6.92 Å². The van der Waals surface area contributed by atoms with Gasteiger partial charge in [0.05, 0.1) is 13.2 Å². The van der Waals surface area contributed by atoms with Crippen LogP contribution in [0.4, 0.5) is 0 Å². The number of carbonyl (C=O) groups excluding carboxylic acids is 2. The average molecular weight is 433 g/mol. The molecule has 6 nitrogen and oxygen atoms in total. The molecule has 0 amide bonds. The van der Waals surface area contributed by atoms with Crippen LogP contribution in [-0.2, 0) is 23.8 Å². The van der Waals surface area contributed by atoms with Crippen molar-refractivity contribution in [1.82, 2.24) is 0 Å². The third-order valence-corrected chi connectivity index (χ3v) is 9.67. The first-order chi connectivity index (χ1) is 14.7. The van der Waals surface area contributed by atoms with Crippen LogP contribution in [0, 0.1) is 34.5 Å². The van der Waals surface area contributed by atoms with E-state index in [1.807, 2.05) is 0 Å². The standard InChI is InChI=1S/C25H36O6/c1-15(27)19-6-7-20-18-5-4-17-12-25(29-10-11-30-25)9-8-23(17,3)22(18)21(31-16(2)28)13-24(19,20)14-26/h4,18-22,26H,5-14H2,1-3H3/t18-,19+,20-,21-,22+,23-,24-/m0/s1. The smallest absolute Gasteiger partial charge is 0.302 e. The van der Waals surface area contributed by atoms with Crippen molar-refractivity contribution in [2.75, 3.05) is 19.8 Å². The first kappa shape index (κ1) is 21.6. The Morgan fingerprint density at radius 2 is 1.94 bits per heavy atom. The highest BCUT2D eigenvalue weighted by Crippen LogP contribution is 2.67. The van der Waals surface area contributed by atoms with E-state index in [0.29, 0.717) is 25.6 Å². The van der Waals surface area contributed by atoms with Crippen molar-refractivity contribution in [2.45, 2.75) is 77.6 Å². The Kier molecular flexibility index (Phi) is 5.15. The Labute approximate surface area is 184 Å². The number of fused-ring (bicyclic) bond motifs is 5. The van der Waals surface area contributed by atoms with Crippen LogP contribution in [-0.4, -0.2) is 48.6 Å². The summed E-state index contributed by atoms with van der Waals surface area (Å²) < 4.78 is 18.1. The topological polar surface area (TPSA) is 82.1 Å². The molecule has 172 valence electrons. The average Bonchev–Trinajstić information content (AvgIpc) is 3.33. The molecule has 0 aromatic carbocycles. The van der Waals surface area contributed by atoms with Gasteiger partial charge >= 0.3 is 5.97 Å². The molecule has 6 heteroatoms. The van der Waals surface area contributed by atoms with Crippen molar-refractivity contribution in [3.63, 3.8) is 0 Å². The number of aliphatic hydroxyl groups excluding tert-OH is 1. The van der Waals surface area contributed by atoms with E-state index in [4.69, 9.17) is 14.2 Å². The summed E-state index contributed by atoms with van der Waals surface area (Å²) >= 11 is 0. The van der Waals surface area contributed by atoms with Crippen molar-refractivity contribution in [2.24, 2.45) is 34.5 Å². The second-order valence-corrected chi connectivity index (χ2v) is 10.9. The van der Waals surface area contributed by atoms with Crippen molar-refractivity contribution >= 4 is 11.8 Å². The Balaban J connectivity index is 1.55. The van der Waals surface area contributed by atoms with E-state index in [0.717, 1.165) is 38.5 Å². The van der Waals surface area contributed by atoms with Gasteiger partial charge in [0.25, 0.3) is 0 Å². The zero-order valence-electron chi connectivity index (χ0n) is 19.0. The number of aliphatic hydroxyl groups is 1. The SMILES string of the molecule is CC(=O)O[C@H]1C[C@]2(CO)[C@@H](C(C)=O)CC[C@H]2[C@@H]2CC=C3CC4(CC[C@]3(C)[C@H]21)OCCO4. The molecule has 4 fully saturated rings. The summed E-state index contributed by atoms with van der Waals surface area (Å²) in [5.41, 5.74) is 0.818. The monoisotopic (exact) mass is 432 g/mol. The quantitative estimate of drug-likeness (QED) is 0.544. The molecule has 1 heterocycles. The normalized spacial score (nSPS) is 45.4. The van der Waals surface area contributed by atoms with Gasteiger partial charge in [0.1, 0.15) is 11.9 Å².